The van der Waals surface area contributed by atoms with Gasteiger partial charge in [-0.05, 0) is 26.8 Å². The molecule has 0 unspecified atom stereocenters. The zero-order valence-electron chi connectivity index (χ0n) is 9.91. The minimum Gasteiger partial charge on any atom is -0.310 e. The Morgan fingerprint density at radius 3 is 2.56 bits per heavy atom. The standard InChI is InChI=1S/C10H18N2O2S2/c1-8-9(2)15-10(12-8)7-11-5-4-6-16(3,13)14/h11H,4-7H2,1-3H3. The van der Waals surface area contributed by atoms with Crippen molar-refractivity contribution >= 4 is 21.2 Å². The van der Waals surface area contributed by atoms with E-state index in [0.29, 0.717) is 13.0 Å². The second-order valence-corrected chi connectivity index (χ2v) is 7.46. The van der Waals surface area contributed by atoms with Gasteiger partial charge in [0.15, 0.2) is 0 Å². The van der Waals surface area contributed by atoms with Crippen LogP contribution in [0, 0.1) is 13.8 Å². The van der Waals surface area contributed by atoms with Crippen LogP contribution in [-0.4, -0.2) is 32.0 Å². The molecule has 1 aromatic heterocycles. The van der Waals surface area contributed by atoms with Crippen molar-refractivity contribution in [1.29, 1.82) is 0 Å². The van der Waals surface area contributed by atoms with Crippen LogP contribution in [0.5, 0.6) is 0 Å². The first-order chi connectivity index (χ1) is 7.38. The molecule has 0 aliphatic carbocycles. The third-order valence-electron chi connectivity index (χ3n) is 2.22. The van der Waals surface area contributed by atoms with E-state index in [1.165, 1.54) is 11.1 Å². The van der Waals surface area contributed by atoms with E-state index in [0.717, 1.165) is 17.2 Å². The minimum atomic E-state index is -2.82. The highest BCUT2D eigenvalue weighted by Gasteiger charge is 2.04. The fourth-order valence-corrected chi connectivity index (χ4v) is 2.84. The van der Waals surface area contributed by atoms with Crippen LogP contribution in [0.1, 0.15) is 22.0 Å². The molecule has 0 atom stereocenters. The van der Waals surface area contributed by atoms with Crippen LogP contribution in [-0.2, 0) is 16.4 Å². The Morgan fingerprint density at radius 2 is 2.06 bits per heavy atom. The molecule has 16 heavy (non-hydrogen) atoms. The van der Waals surface area contributed by atoms with Crippen LogP contribution in [0.15, 0.2) is 0 Å². The van der Waals surface area contributed by atoms with Gasteiger partial charge in [0.25, 0.3) is 0 Å². The molecule has 0 saturated carbocycles. The van der Waals surface area contributed by atoms with Gasteiger partial charge in [-0.15, -0.1) is 11.3 Å². The molecule has 0 spiro atoms. The van der Waals surface area contributed by atoms with Crippen molar-refractivity contribution in [3.63, 3.8) is 0 Å². The highest BCUT2D eigenvalue weighted by molar-refractivity contribution is 7.90. The first-order valence-corrected chi connectivity index (χ1v) is 8.07. The van der Waals surface area contributed by atoms with Crippen LogP contribution in [0.3, 0.4) is 0 Å². The summed E-state index contributed by atoms with van der Waals surface area (Å²) in [6.07, 6.45) is 1.92. The van der Waals surface area contributed by atoms with Gasteiger partial charge in [-0.2, -0.15) is 0 Å². The van der Waals surface area contributed by atoms with E-state index >= 15 is 0 Å². The van der Waals surface area contributed by atoms with Gasteiger partial charge in [-0.25, -0.2) is 13.4 Å². The molecule has 1 rings (SSSR count). The summed E-state index contributed by atoms with van der Waals surface area (Å²) in [5.41, 5.74) is 1.08. The van der Waals surface area contributed by atoms with Gasteiger partial charge < -0.3 is 5.32 Å². The summed E-state index contributed by atoms with van der Waals surface area (Å²) >= 11 is 1.69. The second kappa shape index (κ2) is 5.75. The summed E-state index contributed by atoms with van der Waals surface area (Å²) in [6.45, 7) is 5.49. The lowest BCUT2D eigenvalue weighted by atomic mass is 10.4. The van der Waals surface area contributed by atoms with Gasteiger partial charge in [0.1, 0.15) is 14.8 Å². The van der Waals surface area contributed by atoms with Gasteiger partial charge in [0.05, 0.1) is 11.4 Å². The predicted molar refractivity (Wildman–Crippen MR) is 67.6 cm³/mol. The summed E-state index contributed by atoms with van der Waals surface area (Å²) < 4.78 is 21.7. The number of nitrogens with one attached hydrogen (secondary N) is 1. The first-order valence-electron chi connectivity index (χ1n) is 5.20. The molecule has 0 amide bonds. The molecule has 1 N–H and O–H groups in total. The van der Waals surface area contributed by atoms with Gasteiger partial charge in [0.2, 0.25) is 0 Å². The van der Waals surface area contributed by atoms with Gasteiger partial charge in [-0.1, -0.05) is 0 Å². The molecule has 1 heterocycles. The van der Waals surface area contributed by atoms with Crippen molar-refractivity contribution in [1.82, 2.24) is 10.3 Å². The van der Waals surface area contributed by atoms with E-state index in [9.17, 15) is 8.42 Å². The summed E-state index contributed by atoms with van der Waals surface area (Å²) in [5.74, 6) is 0.246. The van der Waals surface area contributed by atoms with E-state index in [1.807, 2.05) is 6.92 Å². The largest absolute Gasteiger partial charge is 0.310 e. The van der Waals surface area contributed by atoms with Crippen LogP contribution in [0.25, 0.3) is 0 Å². The van der Waals surface area contributed by atoms with Gasteiger partial charge >= 0.3 is 0 Å². The number of sulfone groups is 1. The summed E-state index contributed by atoms with van der Waals surface area (Å²) in [7, 11) is -2.82. The molecular weight excluding hydrogens is 244 g/mol. The maximum absolute atomic E-state index is 10.9. The Morgan fingerprint density at radius 1 is 1.38 bits per heavy atom. The smallest absolute Gasteiger partial charge is 0.147 e. The van der Waals surface area contributed by atoms with E-state index in [4.69, 9.17) is 0 Å². The fraction of sp³-hybridized carbons (Fsp3) is 0.700. The Balaban J connectivity index is 2.21. The summed E-state index contributed by atoms with van der Waals surface area (Å²) in [4.78, 5) is 5.64. The van der Waals surface area contributed by atoms with Crippen LogP contribution in [0.4, 0.5) is 0 Å². The number of rotatable bonds is 6. The molecular formula is C10H18N2O2S2. The normalized spacial score (nSPS) is 11.9. The number of aryl methyl sites for hydroxylation is 2. The zero-order chi connectivity index (χ0) is 12.2. The lowest BCUT2D eigenvalue weighted by Crippen LogP contribution is -2.17. The van der Waals surface area contributed by atoms with E-state index in [1.54, 1.807) is 11.3 Å². The number of hydrogen-bond acceptors (Lipinski definition) is 5. The number of nitrogens with zero attached hydrogens (tertiary/aromatic N) is 1. The zero-order valence-corrected chi connectivity index (χ0v) is 11.5. The van der Waals surface area contributed by atoms with Gasteiger partial charge in [0, 0.05) is 17.7 Å². The molecule has 0 radical (unpaired) electrons. The Kier molecular flexibility index (Phi) is 4.89. The molecule has 1 aromatic rings. The molecule has 0 saturated heterocycles. The third-order valence-corrected chi connectivity index (χ3v) is 4.32. The number of thiazole rings is 1. The van der Waals surface area contributed by atoms with Crippen LogP contribution in [0.2, 0.25) is 0 Å². The number of hydrogen-bond donors (Lipinski definition) is 1. The molecule has 0 fully saturated rings. The van der Waals surface area contributed by atoms with E-state index in [2.05, 4.69) is 17.2 Å². The third kappa shape index (κ3) is 5.05. The fourth-order valence-electron chi connectivity index (χ4n) is 1.27. The van der Waals surface area contributed by atoms with Gasteiger partial charge in [-0.3, -0.25) is 0 Å². The average Bonchev–Trinajstić information content (AvgIpc) is 2.44. The van der Waals surface area contributed by atoms with E-state index in [-0.39, 0.29) is 5.75 Å². The molecule has 6 heteroatoms. The Bertz CT molecular complexity index is 418. The predicted octanol–water partition coefficient (Wildman–Crippen LogP) is 1.28. The maximum atomic E-state index is 10.9. The number of aromatic nitrogens is 1. The summed E-state index contributed by atoms with van der Waals surface area (Å²) in [6, 6.07) is 0. The van der Waals surface area contributed by atoms with Crippen molar-refractivity contribution in [2.45, 2.75) is 26.8 Å². The van der Waals surface area contributed by atoms with Crippen molar-refractivity contribution in [3.05, 3.63) is 15.6 Å². The molecule has 4 nitrogen and oxygen atoms in total. The minimum absolute atomic E-state index is 0.246. The van der Waals surface area contributed by atoms with Crippen LogP contribution >= 0.6 is 11.3 Å². The molecule has 0 bridgehead atoms. The second-order valence-electron chi connectivity index (χ2n) is 3.91. The lowest BCUT2D eigenvalue weighted by Gasteiger charge is -2.01. The molecule has 0 aliphatic heterocycles. The average molecular weight is 262 g/mol. The van der Waals surface area contributed by atoms with Crippen molar-refractivity contribution < 1.29 is 8.42 Å². The Hall–Kier alpha value is -0.460. The quantitative estimate of drug-likeness (QED) is 0.785. The van der Waals surface area contributed by atoms with Crippen molar-refractivity contribution in [2.24, 2.45) is 0 Å². The lowest BCUT2D eigenvalue weighted by molar-refractivity contribution is 0.594. The van der Waals surface area contributed by atoms with E-state index < -0.39 is 9.84 Å². The first kappa shape index (κ1) is 13.6. The van der Waals surface area contributed by atoms with Crippen LogP contribution < -0.4 is 5.32 Å². The topological polar surface area (TPSA) is 59.1 Å². The van der Waals surface area contributed by atoms with Crippen molar-refractivity contribution in [3.8, 4) is 0 Å². The molecule has 0 aromatic carbocycles. The highest BCUT2D eigenvalue weighted by atomic mass is 32.2. The summed E-state index contributed by atoms with van der Waals surface area (Å²) in [5, 5.41) is 4.26. The SMILES string of the molecule is Cc1nc(CNCCCS(C)(=O)=O)sc1C. The van der Waals surface area contributed by atoms with Crippen molar-refractivity contribution in [2.75, 3.05) is 18.6 Å². The maximum Gasteiger partial charge on any atom is 0.147 e. The molecule has 92 valence electrons. The molecule has 0 aliphatic rings. The Labute approximate surface area is 101 Å². The monoisotopic (exact) mass is 262 g/mol. The highest BCUT2D eigenvalue weighted by Crippen LogP contribution is 2.15.